The number of nitrogens with one attached hydrogen (secondary N) is 1. The fourth-order valence-electron chi connectivity index (χ4n) is 3.64. The standard InChI is InChI=1S/C23H30N4O2/c1-26(2)15-12-25-22(28)21-17-20(8-11-24-21)23(29)27-13-9-19(10-14-27)16-18-6-4-3-5-7-18/h3-8,11,17,19H,9-10,12-16H2,1-2H3,(H,25,28). The highest BCUT2D eigenvalue weighted by Gasteiger charge is 2.24. The van der Waals surface area contributed by atoms with Gasteiger partial charge in [0.15, 0.2) is 0 Å². The molecule has 0 atom stereocenters. The average Bonchev–Trinajstić information content (AvgIpc) is 2.74. The summed E-state index contributed by atoms with van der Waals surface area (Å²) in [6, 6.07) is 13.8. The SMILES string of the molecule is CN(C)CCNC(=O)c1cc(C(=O)N2CCC(Cc3ccccc3)CC2)ccn1. The van der Waals surface area contributed by atoms with Crippen molar-refractivity contribution < 1.29 is 9.59 Å². The van der Waals surface area contributed by atoms with Crippen LogP contribution in [0.2, 0.25) is 0 Å². The number of hydrogen-bond acceptors (Lipinski definition) is 4. The fraction of sp³-hybridized carbons (Fsp3) is 0.435. The number of carbonyl (C=O) groups excluding carboxylic acids is 2. The number of nitrogens with zero attached hydrogens (tertiary/aromatic N) is 3. The van der Waals surface area contributed by atoms with Crippen molar-refractivity contribution in [3.05, 3.63) is 65.5 Å². The predicted molar refractivity (Wildman–Crippen MR) is 114 cm³/mol. The van der Waals surface area contributed by atoms with Crippen LogP contribution in [0.5, 0.6) is 0 Å². The van der Waals surface area contributed by atoms with Gasteiger partial charge >= 0.3 is 0 Å². The van der Waals surface area contributed by atoms with Crippen LogP contribution in [0.3, 0.4) is 0 Å². The van der Waals surface area contributed by atoms with Crippen molar-refractivity contribution in [2.75, 3.05) is 40.3 Å². The van der Waals surface area contributed by atoms with Crippen LogP contribution in [0, 0.1) is 5.92 Å². The summed E-state index contributed by atoms with van der Waals surface area (Å²) in [5, 5.41) is 2.84. The quantitative estimate of drug-likeness (QED) is 0.784. The molecule has 154 valence electrons. The van der Waals surface area contributed by atoms with Gasteiger partial charge in [-0.25, -0.2) is 0 Å². The van der Waals surface area contributed by atoms with E-state index in [1.165, 1.54) is 11.8 Å². The molecule has 1 aromatic carbocycles. The van der Waals surface area contributed by atoms with Crippen molar-refractivity contribution in [2.45, 2.75) is 19.3 Å². The van der Waals surface area contributed by atoms with Gasteiger partial charge in [-0.1, -0.05) is 30.3 Å². The molecule has 2 amide bonds. The van der Waals surface area contributed by atoms with Crippen LogP contribution in [0.15, 0.2) is 48.7 Å². The Labute approximate surface area is 172 Å². The lowest BCUT2D eigenvalue weighted by molar-refractivity contribution is 0.0690. The lowest BCUT2D eigenvalue weighted by Crippen LogP contribution is -2.39. The Morgan fingerprint density at radius 1 is 1.14 bits per heavy atom. The number of amides is 2. The fourth-order valence-corrected chi connectivity index (χ4v) is 3.64. The van der Waals surface area contributed by atoms with Crippen LogP contribution < -0.4 is 5.32 Å². The summed E-state index contributed by atoms with van der Waals surface area (Å²) in [5.74, 6) is 0.341. The number of pyridine rings is 1. The highest BCUT2D eigenvalue weighted by molar-refractivity contribution is 5.98. The number of carbonyl (C=O) groups is 2. The second kappa shape index (κ2) is 10.2. The molecule has 0 saturated carbocycles. The smallest absolute Gasteiger partial charge is 0.269 e. The van der Waals surface area contributed by atoms with Gasteiger partial charge in [0.2, 0.25) is 0 Å². The number of likely N-dealkylation sites (N-methyl/N-ethyl adjacent to an activating group) is 1. The van der Waals surface area contributed by atoms with E-state index >= 15 is 0 Å². The van der Waals surface area contributed by atoms with Crippen molar-refractivity contribution in [1.82, 2.24) is 20.1 Å². The summed E-state index contributed by atoms with van der Waals surface area (Å²) in [6.07, 6.45) is 4.61. The Morgan fingerprint density at radius 3 is 2.55 bits per heavy atom. The molecule has 0 spiro atoms. The van der Waals surface area contributed by atoms with E-state index in [1.807, 2.05) is 30.0 Å². The first-order chi connectivity index (χ1) is 14.0. The van der Waals surface area contributed by atoms with Gasteiger partial charge in [-0.05, 0) is 57.0 Å². The third-order valence-corrected chi connectivity index (χ3v) is 5.35. The van der Waals surface area contributed by atoms with Gasteiger partial charge in [0.05, 0.1) is 0 Å². The number of benzene rings is 1. The van der Waals surface area contributed by atoms with Crippen molar-refractivity contribution in [2.24, 2.45) is 5.92 Å². The van der Waals surface area contributed by atoms with Crippen LogP contribution in [-0.2, 0) is 6.42 Å². The summed E-state index contributed by atoms with van der Waals surface area (Å²) in [6.45, 7) is 2.80. The number of aromatic nitrogens is 1. The first kappa shape index (κ1) is 21.0. The van der Waals surface area contributed by atoms with Crippen molar-refractivity contribution in [3.63, 3.8) is 0 Å². The van der Waals surface area contributed by atoms with Crippen LogP contribution in [0.1, 0.15) is 39.3 Å². The molecule has 0 radical (unpaired) electrons. The minimum atomic E-state index is -0.247. The summed E-state index contributed by atoms with van der Waals surface area (Å²) >= 11 is 0. The van der Waals surface area contributed by atoms with E-state index in [-0.39, 0.29) is 17.5 Å². The van der Waals surface area contributed by atoms with E-state index < -0.39 is 0 Å². The second-order valence-corrected chi connectivity index (χ2v) is 7.91. The highest BCUT2D eigenvalue weighted by Crippen LogP contribution is 2.23. The number of likely N-dealkylation sites (tertiary alicyclic amines) is 1. The third-order valence-electron chi connectivity index (χ3n) is 5.35. The molecule has 1 aliphatic heterocycles. The van der Waals surface area contributed by atoms with E-state index in [9.17, 15) is 9.59 Å². The summed E-state index contributed by atoms with van der Waals surface area (Å²) in [7, 11) is 3.90. The molecule has 6 nitrogen and oxygen atoms in total. The maximum Gasteiger partial charge on any atom is 0.269 e. The molecule has 1 aliphatic rings. The molecule has 29 heavy (non-hydrogen) atoms. The van der Waals surface area contributed by atoms with Gasteiger partial charge in [-0.3, -0.25) is 14.6 Å². The molecule has 6 heteroatoms. The summed E-state index contributed by atoms with van der Waals surface area (Å²) in [5.41, 5.74) is 2.17. The Bertz CT molecular complexity index is 815. The predicted octanol–water partition coefficient (Wildman–Crippen LogP) is 2.47. The number of piperidine rings is 1. The highest BCUT2D eigenvalue weighted by atomic mass is 16.2. The molecule has 0 aliphatic carbocycles. The molecule has 0 bridgehead atoms. The Morgan fingerprint density at radius 2 is 1.86 bits per heavy atom. The zero-order valence-electron chi connectivity index (χ0n) is 17.3. The number of rotatable bonds is 7. The first-order valence-corrected chi connectivity index (χ1v) is 10.2. The zero-order chi connectivity index (χ0) is 20.6. The Balaban J connectivity index is 1.53. The minimum Gasteiger partial charge on any atom is -0.349 e. The van der Waals surface area contributed by atoms with E-state index in [0.29, 0.717) is 18.0 Å². The van der Waals surface area contributed by atoms with Crippen molar-refractivity contribution in [3.8, 4) is 0 Å². The van der Waals surface area contributed by atoms with E-state index in [0.717, 1.165) is 38.9 Å². The van der Waals surface area contributed by atoms with Crippen LogP contribution in [-0.4, -0.2) is 66.9 Å². The van der Waals surface area contributed by atoms with E-state index in [1.54, 1.807) is 12.1 Å². The molecule has 2 aromatic rings. The lowest BCUT2D eigenvalue weighted by atomic mass is 9.90. The molecular weight excluding hydrogens is 364 g/mol. The maximum atomic E-state index is 12.9. The van der Waals surface area contributed by atoms with Crippen molar-refractivity contribution >= 4 is 11.8 Å². The molecule has 1 N–H and O–H groups in total. The molecule has 2 heterocycles. The van der Waals surface area contributed by atoms with Gasteiger partial charge in [0.1, 0.15) is 5.69 Å². The van der Waals surface area contributed by atoms with Gasteiger partial charge < -0.3 is 15.1 Å². The largest absolute Gasteiger partial charge is 0.349 e. The lowest BCUT2D eigenvalue weighted by Gasteiger charge is -2.32. The minimum absolute atomic E-state index is 0.0205. The average molecular weight is 395 g/mol. The molecule has 1 fully saturated rings. The Kier molecular flexibility index (Phi) is 7.36. The normalized spacial score (nSPS) is 14.8. The monoisotopic (exact) mass is 394 g/mol. The van der Waals surface area contributed by atoms with Crippen molar-refractivity contribution in [1.29, 1.82) is 0 Å². The van der Waals surface area contributed by atoms with Gasteiger partial charge in [0.25, 0.3) is 11.8 Å². The summed E-state index contributed by atoms with van der Waals surface area (Å²) < 4.78 is 0. The van der Waals surface area contributed by atoms with E-state index in [2.05, 4.69) is 34.6 Å². The molecule has 3 rings (SSSR count). The van der Waals surface area contributed by atoms with Gasteiger partial charge in [0, 0.05) is 37.9 Å². The first-order valence-electron chi connectivity index (χ1n) is 10.2. The van der Waals surface area contributed by atoms with E-state index in [4.69, 9.17) is 0 Å². The van der Waals surface area contributed by atoms with Crippen LogP contribution in [0.4, 0.5) is 0 Å². The zero-order valence-corrected chi connectivity index (χ0v) is 17.3. The molecule has 1 aromatic heterocycles. The molecule has 1 saturated heterocycles. The topological polar surface area (TPSA) is 65.5 Å². The third kappa shape index (κ3) is 6.12. The maximum absolute atomic E-state index is 12.9. The Hall–Kier alpha value is -2.73. The molecule has 0 unspecified atom stereocenters. The van der Waals surface area contributed by atoms with Gasteiger partial charge in [-0.2, -0.15) is 0 Å². The van der Waals surface area contributed by atoms with Gasteiger partial charge in [-0.15, -0.1) is 0 Å². The second-order valence-electron chi connectivity index (χ2n) is 7.91. The number of hydrogen-bond donors (Lipinski definition) is 1. The molecular formula is C23H30N4O2. The summed E-state index contributed by atoms with van der Waals surface area (Å²) in [4.78, 5) is 33.2. The van der Waals surface area contributed by atoms with Crippen LogP contribution in [0.25, 0.3) is 0 Å². The van der Waals surface area contributed by atoms with Crippen LogP contribution >= 0.6 is 0 Å².